The minimum Gasteiger partial charge on any atom is -0.370 e. The molecule has 110 valence electrons. The predicted octanol–water partition coefficient (Wildman–Crippen LogP) is 1.89. The van der Waals surface area contributed by atoms with E-state index >= 15 is 0 Å². The number of hydrogen-bond donors (Lipinski definition) is 2. The summed E-state index contributed by atoms with van der Waals surface area (Å²) < 4.78 is 0. The van der Waals surface area contributed by atoms with Crippen LogP contribution in [0, 0.1) is 5.41 Å². The number of carbonyl (C=O) groups excluding carboxylic acids is 1. The quantitative estimate of drug-likeness (QED) is 0.862. The van der Waals surface area contributed by atoms with Crippen molar-refractivity contribution >= 4 is 11.6 Å². The van der Waals surface area contributed by atoms with Crippen LogP contribution in [0.3, 0.4) is 0 Å². The Balaban J connectivity index is 2.15. The predicted molar refractivity (Wildman–Crippen MR) is 82.5 cm³/mol. The molecule has 20 heavy (non-hydrogen) atoms. The number of benzene rings is 1. The maximum atomic E-state index is 11.6. The Bertz CT molecular complexity index is 486. The van der Waals surface area contributed by atoms with Crippen LogP contribution in [-0.4, -0.2) is 25.0 Å². The number of amides is 1. The van der Waals surface area contributed by atoms with Gasteiger partial charge >= 0.3 is 0 Å². The number of nitrogens with zero attached hydrogens (tertiary/aromatic N) is 1. The van der Waals surface area contributed by atoms with Gasteiger partial charge in [0.25, 0.3) is 0 Å². The van der Waals surface area contributed by atoms with Crippen molar-refractivity contribution in [3.05, 3.63) is 29.8 Å². The summed E-state index contributed by atoms with van der Waals surface area (Å²) in [5, 5.41) is 3.45. The zero-order valence-electron chi connectivity index (χ0n) is 12.6. The minimum absolute atomic E-state index is 0.196. The molecule has 1 aliphatic rings. The summed E-state index contributed by atoms with van der Waals surface area (Å²) in [5.41, 5.74) is 7.61. The molecule has 1 fully saturated rings. The Morgan fingerprint density at radius 2 is 2.15 bits per heavy atom. The molecule has 0 bridgehead atoms. The Hall–Kier alpha value is -1.55. The molecule has 0 aromatic heterocycles. The van der Waals surface area contributed by atoms with Crippen molar-refractivity contribution in [2.45, 2.75) is 39.8 Å². The molecule has 0 spiro atoms. The first-order chi connectivity index (χ1) is 9.42. The molecule has 1 saturated heterocycles. The largest absolute Gasteiger partial charge is 0.370 e. The van der Waals surface area contributed by atoms with E-state index in [1.54, 1.807) is 0 Å². The zero-order chi connectivity index (χ0) is 14.8. The number of primary amides is 1. The Morgan fingerprint density at radius 3 is 2.75 bits per heavy atom. The first-order valence-corrected chi connectivity index (χ1v) is 7.28. The number of anilines is 1. The average molecular weight is 275 g/mol. The molecular formula is C16H25N3O. The van der Waals surface area contributed by atoms with Crippen molar-refractivity contribution in [2.24, 2.45) is 11.1 Å². The summed E-state index contributed by atoms with van der Waals surface area (Å²) in [6, 6.07) is 8.84. The van der Waals surface area contributed by atoms with Gasteiger partial charge in [-0.2, -0.15) is 0 Å². The van der Waals surface area contributed by atoms with Crippen LogP contribution in [0.5, 0.6) is 0 Å². The number of carbonyl (C=O) groups is 1. The molecule has 1 aromatic carbocycles. The Kier molecular flexibility index (Phi) is 4.33. The molecule has 3 N–H and O–H groups in total. The van der Waals surface area contributed by atoms with Crippen LogP contribution >= 0.6 is 0 Å². The van der Waals surface area contributed by atoms with Crippen LogP contribution in [0.4, 0.5) is 5.69 Å². The van der Waals surface area contributed by atoms with Gasteiger partial charge in [-0.15, -0.1) is 0 Å². The third-order valence-corrected chi connectivity index (χ3v) is 4.10. The van der Waals surface area contributed by atoms with Gasteiger partial charge in [0.05, 0.1) is 5.41 Å². The fourth-order valence-electron chi connectivity index (χ4n) is 2.65. The van der Waals surface area contributed by atoms with E-state index in [0.29, 0.717) is 12.6 Å². The molecule has 4 heteroatoms. The maximum absolute atomic E-state index is 11.6. The lowest BCUT2D eigenvalue weighted by Gasteiger charge is -2.25. The van der Waals surface area contributed by atoms with Gasteiger partial charge in [-0.3, -0.25) is 4.79 Å². The third kappa shape index (κ3) is 3.12. The first-order valence-electron chi connectivity index (χ1n) is 7.28. The van der Waals surface area contributed by atoms with Crippen molar-refractivity contribution in [3.63, 3.8) is 0 Å². The number of rotatable bonds is 5. The van der Waals surface area contributed by atoms with Gasteiger partial charge in [0.1, 0.15) is 0 Å². The normalized spacial score (nSPS) is 22.5. The van der Waals surface area contributed by atoms with E-state index in [0.717, 1.165) is 19.5 Å². The van der Waals surface area contributed by atoms with Gasteiger partial charge in [-0.1, -0.05) is 32.0 Å². The molecule has 1 aliphatic heterocycles. The highest BCUT2D eigenvalue weighted by atomic mass is 16.1. The topological polar surface area (TPSA) is 58.4 Å². The number of nitrogens with two attached hydrogens (primary N) is 1. The average Bonchev–Trinajstić information content (AvgIpc) is 2.81. The van der Waals surface area contributed by atoms with Crippen LogP contribution in [0.2, 0.25) is 0 Å². The summed E-state index contributed by atoms with van der Waals surface area (Å²) >= 11 is 0. The standard InChI is InChI=1S/C16H25N3O/c1-12(2)18-10-13-6-4-5-7-14(13)19-9-8-16(3,11-19)15(17)20/h4-7,12,18H,8-11H2,1-3H3,(H2,17,20). The van der Waals surface area contributed by atoms with Crippen molar-refractivity contribution < 1.29 is 4.79 Å². The van der Waals surface area contributed by atoms with E-state index in [1.807, 2.05) is 13.0 Å². The SMILES string of the molecule is CC(C)NCc1ccccc1N1CCC(C)(C(N)=O)C1. The number of para-hydroxylation sites is 1. The van der Waals surface area contributed by atoms with Gasteiger partial charge in [0.15, 0.2) is 0 Å². The van der Waals surface area contributed by atoms with Gasteiger partial charge < -0.3 is 16.0 Å². The van der Waals surface area contributed by atoms with Crippen molar-refractivity contribution in [1.82, 2.24) is 5.32 Å². The monoisotopic (exact) mass is 275 g/mol. The number of nitrogens with one attached hydrogen (secondary N) is 1. The maximum Gasteiger partial charge on any atom is 0.225 e. The molecule has 1 atom stereocenters. The van der Waals surface area contributed by atoms with Gasteiger partial charge in [-0.05, 0) is 25.0 Å². The highest BCUT2D eigenvalue weighted by molar-refractivity contribution is 5.82. The van der Waals surface area contributed by atoms with Crippen LogP contribution in [0.25, 0.3) is 0 Å². The molecule has 0 radical (unpaired) electrons. The van der Waals surface area contributed by atoms with E-state index < -0.39 is 5.41 Å². The summed E-state index contributed by atoms with van der Waals surface area (Å²) in [4.78, 5) is 13.9. The molecule has 0 saturated carbocycles. The minimum atomic E-state index is -0.404. The molecule has 1 amide bonds. The first kappa shape index (κ1) is 14.9. The smallest absolute Gasteiger partial charge is 0.225 e. The summed E-state index contributed by atoms with van der Waals surface area (Å²) in [6.45, 7) is 8.69. The second-order valence-corrected chi connectivity index (χ2v) is 6.26. The molecule has 4 nitrogen and oxygen atoms in total. The molecule has 1 heterocycles. The Labute approximate surface area is 121 Å². The van der Waals surface area contributed by atoms with Crippen molar-refractivity contribution in [3.8, 4) is 0 Å². The fourth-order valence-corrected chi connectivity index (χ4v) is 2.65. The van der Waals surface area contributed by atoms with Gasteiger partial charge in [-0.25, -0.2) is 0 Å². The lowest BCUT2D eigenvalue weighted by Crippen LogP contribution is -2.37. The zero-order valence-corrected chi connectivity index (χ0v) is 12.6. The molecule has 0 aliphatic carbocycles. The van der Waals surface area contributed by atoms with E-state index in [9.17, 15) is 4.79 Å². The van der Waals surface area contributed by atoms with Crippen LogP contribution in [-0.2, 0) is 11.3 Å². The molecule has 1 aromatic rings. The van der Waals surface area contributed by atoms with E-state index in [4.69, 9.17) is 5.73 Å². The lowest BCUT2D eigenvalue weighted by molar-refractivity contribution is -0.125. The van der Waals surface area contributed by atoms with E-state index in [2.05, 4.69) is 42.3 Å². The summed E-state index contributed by atoms with van der Waals surface area (Å²) in [5.74, 6) is -0.196. The van der Waals surface area contributed by atoms with E-state index in [1.165, 1.54) is 11.3 Å². The van der Waals surface area contributed by atoms with Gasteiger partial charge in [0, 0.05) is 31.4 Å². The fraction of sp³-hybridized carbons (Fsp3) is 0.562. The molecule has 2 rings (SSSR count). The van der Waals surface area contributed by atoms with E-state index in [-0.39, 0.29) is 5.91 Å². The van der Waals surface area contributed by atoms with Gasteiger partial charge in [0.2, 0.25) is 5.91 Å². The number of hydrogen-bond acceptors (Lipinski definition) is 3. The molecular weight excluding hydrogens is 250 g/mol. The van der Waals surface area contributed by atoms with Crippen molar-refractivity contribution in [2.75, 3.05) is 18.0 Å². The third-order valence-electron chi connectivity index (χ3n) is 4.10. The summed E-state index contributed by atoms with van der Waals surface area (Å²) in [6.07, 6.45) is 0.828. The van der Waals surface area contributed by atoms with Crippen LogP contribution in [0.1, 0.15) is 32.8 Å². The second kappa shape index (κ2) is 5.83. The lowest BCUT2D eigenvalue weighted by atomic mass is 9.89. The second-order valence-electron chi connectivity index (χ2n) is 6.26. The summed E-state index contributed by atoms with van der Waals surface area (Å²) in [7, 11) is 0. The van der Waals surface area contributed by atoms with Crippen LogP contribution < -0.4 is 16.0 Å². The van der Waals surface area contributed by atoms with Crippen LogP contribution in [0.15, 0.2) is 24.3 Å². The Morgan fingerprint density at radius 1 is 1.45 bits per heavy atom. The van der Waals surface area contributed by atoms with Crippen molar-refractivity contribution in [1.29, 1.82) is 0 Å². The molecule has 1 unspecified atom stereocenters. The highest BCUT2D eigenvalue weighted by Crippen LogP contribution is 2.34. The highest BCUT2D eigenvalue weighted by Gasteiger charge is 2.39.